The van der Waals surface area contributed by atoms with Crippen molar-refractivity contribution < 1.29 is 14.3 Å². The number of carbonyl (C=O) groups is 2. The highest BCUT2D eigenvalue weighted by Crippen LogP contribution is 2.48. The second-order valence-electron chi connectivity index (χ2n) is 6.62. The molecule has 0 spiro atoms. The van der Waals surface area contributed by atoms with Crippen LogP contribution >= 0.6 is 11.6 Å². The highest BCUT2D eigenvalue weighted by Gasteiger charge is 2.51. The van der Waals surface area contributed by atoms with Crippen molar-refractivity contribution in [3.63, 3.8) is 0 Å². The number of aromatic nitrogens is 2. The molecule has 0 radical (unpaired) electrons. The van der Waals surface area contributed by atoms with Gasteiger partial charge in [0.2, 0.25) is 5.91 Å². The number of nitrogens with zero attached hydrogens (tertiary/aromatic N) is 2. The van der Waals surface area contributed by atoms with Gasteiger partial charge in [0, 0.05) is 6.04 Å². The van der Waals surface area contributed by atoms with E-state index < -0.39 is 0 Å². The fourth-order valence-electron chi connectivity index (χ4n) is 4.17. The lowest BCUT2D eigenvalue weighted by atomic mass is 9.84. The van der Waals surface area contributed by atoms with Crippen LogP contribution in [0, 0.1) is 31.6 Å². The van der Waals surface area contributed by atoms with Crippen molar-refractivity contribution in [2.24, 2.45) is 17.8 Å². The van der Waals surface area contributed by atoms with Gasteiger partial charge in [-0.15, -0.1) is 0 Å². The molecule has 1 heterocycles. The zero-order valence-corrected chi connectivity index (χ0v) is 14.4. The molecule has 1 amide bonds. The molecule has 4 atom stereocenters. The number of carbonyl (C=O) groups excluding carboxylic acids is 2. The van der Waals surface area contributed by atoms with Crippen LogP contribution in [0.15, 0.2) is 0 Å². The van der Waals surface area contributed by atoms with E-state index in [9.17, 15) is 9.59 Å². The maximum Gasteiger partial charge on any atom is 0.311 e. The fourth-order valence-corrected chi connectivity index (χ4v) is 4.31. The number of aryl methyl sites for hydroxylation is 1. The summed E-state index contributed by atoms with van der Waals surface area (Å²) in [5.74, 6) is 0.139. The second kappa shape index (κ2) is 6.15. The third-order valence-corrected chi connectivity index (χ3v) is 5.85. The van der Waals surface area contributed by atoms with Gasteiger partial charge in [-0.05, 0) is 44.9 Å². The quantitative estimate of drug-likeness (QED) is 0.850. The van der Waals surface area contributed by atoms with Gasteiger partial charge in [0.1, 0.15) is 6.54 Å². The Morgan fingerprint density at radius 2 is 2.04 bits per heavy atom. The van der Waals surface area contributed by atoms with Crippen molar-refractivity contribution in [3.8, 4) is 0 Å². The summed E-state index contributed by atoms with van der Waals surface area (Å²) in [6.07, 6.45) is 3.11. The van der Waals surface area contributed by atoms with E-state index in [1.165, 1.54) is 7.11 Å². The molecule has 2 aliphatic carbocycles. The van der Waals surface area contributed by atoms with Gasteiger partial charge in [-0.2, -0.15) is 5.10 Å². The van der Waals surface area contributed by atoms with Gasteiger partial charge in [0.05, 0.1) is 29.4 Å². The minimum atomic E-state index is -0.216. The minimum Gasteiger partial charge on any atom is -0.469 e. The van der Waals surface area contributed by atoms with Crippen LogP contribution in [0.1, 0.15) is 30.7 Å². The van der Waals surface area contributed by atoms with Gasteiger partial charge in [0.25, 0.3) is 0 Å². The number of nitrogens with one attached hydrogen (secondary N) is 1. The Morgan fingerprint density at radius 1 is 1.35 bits per heavy atom. The molecule has 2 bridgehead atoms. The Bertz CT molecular complexity index is 643. The maximum atomic E-state index is 12.4. The Labute approximate surface area is 140 Å². The summed E-state index contributed by atoms with van der Waals surface area (Å²) in [5, 5.41) is 7.90. The lowest BCUT2D eigenvalue weighted by molar-refractivity contribution is -0.148. The number of rotatable bonds is 4. The van der Waals surface area contributed by atoms with Crippen molar-refractivity contribution in [3.05, 3.63) is 16.4 Å². The summed E-state index contributed by atoms with van der Waals surface area (Å²) >= 11 is 6.11. The summed E-state index contributed by atoms with van der Waals surface area (Å²) in [4.78, 5) is 24.5. The Balaban J connectivity index is 1.69. The summed E-state index contributed by atoms with van der Waals surface area (Å²) in [5.41, 5.74) is 1.49. The van der Waals surface area contributed by atoms with Crippen molar-refractivity contribution in [2.45, 2.75) is 45.7 Å². The van der Waals surface area contributed by atoms with Crippen LogP contribution in [0.4, 0.5) is 0 Å². The molecule has 2 aliphatic rings. The van der Waals surface area contributed by atoms with Crippen LogP contribution in [0.5, 0.6) is 0 Å². The van der Waals surface area contributed by atoms with Gasteiger partial charge in [0.15, 0.2) is 0 Å². The lowest BCUT2D eigenvalue weighted by Gasteiger charge is -2.29. The number of esters is 1. The molecule has 0 aliphatic heterocycles. The first-order valence-electron chi connectivity index (χ1n) is 7.99. The molecule has 0 aromatic carbocycles. The van der Waals surface area contributed by atoms with Crippen LogP contribution in [-0.2, 0) is 20.9 Å². The molecule has 2 fully saturated rings. The maximum absolute atomic E-state index is 12.4. The smallest absolute Gasteiger partial charge is 0.311 e. The van der Waals surface area contributed by atoms with E-state index in [0.717, 1.165) is 25.0 Å². The summed E-state index contributed by atoms with van der Waals surface area (Å²) in [7, 11) is 1.41. The van der Waals surface area contributed by atoms with Crippen LogP contribution in [-0.4, -0.2) is 34.8 Å². The molecule has 1 N–H and O–H groups in total. The number of ether oxygens (including phenoxy) is 1. The normalized spacial score (nSPS) is 28.9. The molecule has 0 saturated heterocycles. The zero-order chi connectivity index (χ0) is 16.7. The molecule has 3 rings (SSSR count). The van der Waals surface area contributed by atoms with E-state index >= 15 is 0 Å². The molecule has 6 nitrogen and oxygen atoms in total. The Morgan fingerprint density at radius 3 is 2.65 bits per heavy atom. The van der Waals surface area contributed by atoms with Gasteiger partial charge < -0.3 is 10.1 Å². The predicted octanol–water partition coefficient (Wildman–Crippen LogP) is 1.86. The SMILES string of the molecule is COC(=O)[C@@H]1[C@H]2CC[C@@H](C2)[C@H]1NC(=O)Cn1nc(C)c(Cl)c1C. The first-order valence-corrected chi connectivity index (χ1v) is 8.36. The number of hydrogen-bond acceptors (Lipinski definition) is 4. The van der Waals surface area contributed by atoms with Crippen molar-refractivity contribution in [1.29, 1.82) is 0 Å². The van der Waals surface area contributed by atoms with Gasteiger partial charge in [-0.25, -0.2) is 0 Å². The third-order valence-electron chi connectivity index (χ3n) is 5.30. The van der Waals surface area contributed by atoms with Crippen LogP contribution < -0.4 is 5.32 Å². The monoisotopic (exact) mass is 339 g/mol. The molecule has 0 unspecified atom stereocenters. The summed E-state index contributed by atoms with van der Waals surface area (Å²) < 4.78 is 6.53. The van der Waals surface area contributed by atoms with Gasteiger partial charge in [-0.3, -0.25) is 14.3 Å². The number of hydrogen-bond donors (Lipinski definition) is 1. The first-order chi connectivity index (χ1) is 10.9. The second-order valence-corrected chi connectivity index (χ2v) is 7.00. The van der Waals surface area contributed by atoms with E-state index in [1.54, 1.807) is 4.68 Å². The largest absolute Gasteiger partial charge is 0.469 e. The topological polar surface area (TPSA) is 73.2 Å². The first kappa shape index (κ1) is 16.3. The average molecular weight is 340 g/mol. The highest BCUT2D eigenvalue weighted by atomic mass is 35.5. The van der Waals surface area contributed by atoms with E-state index in [1.807, 2.05) is 13.8 Å². The molecular weight excluding hydrogens is 318 g/mol. The van der Waals surface area contributed by atoms with Gasteiger partial charge >= 0.3 is 5.97 Å². The van der Waals surface area contributed by atoms with E-state index in [4.69, 9.17) is 16.3 Å². The van der Waals surface area contributed by atoms with E-state index in [0.29, 0.717) is 22.6 Å². The number of amides is 1. The van der Waals surface area contributed by atoms with Crippen LogP contribution in [0.3, 0.4) is 0 Å². The molecular formula is C16H22ClN3O3. The fraction of sp³-hybridized carbons (Fsp3) is 0.688. The van der Waals surface area contributed by atoms with E-state index in [-0.39, 0.29) is 30.4 Å². The molecule has 1 aromatic rings. The molecule has 23 heavy (non-hydrogen) atoms. The molecule has 7 heteroatoms. The minimum absolute atomic E-state index is 0.112. The molecule has 126 valence electrons. The molecule has 2 saturated carbocycles. The predicted molar refractivity (Wildman–Crippen MR) is 85.0 cm³/mol. The number of halogens is 1. The average Bonchev–Trinajstić information content (AvgIpc) is 3.18. The Hall–Kier alpha value is -1.56. The van der Waals surface area contributed by atoms with Crippen LogP contribution in [0.25, 0.3) is 0 Å². The lowest BCUT2D eigenvalue weighted by Crippen LogP contribution is -2.48. The zero-order valence-electron chi connectivity index (χ0n) is 13.6. The van der Waals surface area contributed by atoms with Crippen molar-refractivity contribution in [1.82, 2.24) is 15.1 Å². The van der Waals surface area contributed by atoms with Crippen LogP contribution in [0.2, 0.25) is 5.02 Å². The Kier molecular flexibility index (Phi) is 4.36. The number of methoxy groups -OCH3 is 1. The van der Waals surface area contributed by atoms with E-state index in [2.05, 4.69) is 10.4 Å². The third kappa shape index (κ3) is 2.84. The van der Waals surface area contributed by atoms with Gasteiger partial charge in [-0.1, -0.05) is 11.6 Å². The highest BCUT2D eigenvalue weighted by molar-refractivity contribution is 6.31. The van der Waals surface area contributed by atoms with Crippen molar-refractivity contribution in [2.75, 3.05) is 7.11 Å². The standard InChI is InChI=1S/C16H22ClN3O3/c1-8-14(17)9(2)20(19-8)7-12(21)18-15-11-5-4-10(6-11)13(15)16(22)23-3/h10-11,13,15H,4-7H2,1-3H3,(H,18,21)/t10-,11-,13+,15+/m0/s1. The number of fused-ring (bicyclic) bond motifs is 2. The molecule has 1 aromatic heterocycles. The summed E-state index contributed by atoms with van der Waals surface area (Å²) in [6, 6.07) is -0.124. The summed E-state index contributed by atoms with van der Waals surface area (Å²) in [6.45, 7) is 3.76. The van der Waals surface area contributed by atoms with Crippen molar-refractivity contribution >= 4 is 23.5 Å².